The standard InChI is InChI=1S/C14H17NO4S/c1-9-4-5-12-10(6-9)14-11(7-17-12)13(19-15-14)8-18-20(2,3)16/h4-6,11,13H,2,7-8H2,1,3H3. The second kappa shape index (κ2) is 4.79. The first-order chi connectivity index (χ1) is 9.44. The fourth-order valence-electron chi connectivity index (χ4n) is 2.38. The van der Waals surface area contributed by atoms with Crippen molar-refractivity contribution in [1.29, 1.82) is 0 Å². The lowest BCUT2D eigenvalue weighted by Crippen LogP contribution is -2.36. The number of nitrogens with zero attached hydrogens (tertiary/aromatic N) is 1. The molecule has 5 nitrogen and oxygen atoms in total. The number of hydrogen-bond acceptors (Lipinski definition) is 5. The average molecular weight is 295 g/mol. The molecule has 6 heteroatoms. The highest BCUT2D eigenvalue weighted by Crippen LogP contribution is 2.34. The molecule has 0 radical (unpaired) electrons. The zero-order chi connectivity index (χ0) is 14.3. The molecule has 2 aliphatic heterocycles. The summed E-state index contributed by atoms with van der Waals surface area (Å²) in [7, 11) is -2.49. The molecule has 2 heterocycles. The number of rotatable bonds is 3. The zero-order valence-corrected chi connectivity index (χ0v) is 12.3. The second-order valence-corrected chi connectivity index (χ2v) is 7.33. The normalized spacial score (nSPS) is 26.6. The van der Waals surface area contributed by atoms with Gasteiger partial charge in [-0.3, -0.25) is 4.18 Å². The largest absolute Gasteiger partial charge is 0.492 e. The lowest BCUT2D eigenvalue weighted by Gasteiger charge is -2.25. The number of aryl methyl sites for hydroxylation is 1. The van der Waals surface area contributed by atoms with Crippen molar-refractivity contribution in [2.24, 2.45) is 11.1 Å². The first kappa shape index (κ1) is 13.5. The van der Waals surface area contributed by atoms with Crippen molar-refractivity contribution >= 4 is 21.4 Å². The number of benzene rings is 1. The summed E-state index contributed by atoms with van der Waals surface area (Å²) < 4.78 is 22.5. The highest BCUT2D eigenvalue weighted by Gasteiger charge is 2.40. The van der Waals surface area contributed by atoms with Crippen molar-refractivity contribution in [2.75, 3.05) is 19.5 Å². The van der Waals surface area contributed by atoms with Gasteiger partial charge in [0.25, 0.3) is 0 Å². The number of hydrogen-bond donors (Lipinski definition) is 0. The van der Waals surface area contributed by atoms with Crippen LogP contribution < -0.4 is 4.74 Å². The predicted octanol–water partition coefficient (Wildman–Crippen LogP) is 1.38. The Morgan fingerprint density at radius 2 is 2.35 bits per heavy atom. The number of ether oxygens (including phenoxy) is 1. The molecular weight excluding hydrogens is 278 g/mol. The first-order valence-corrected chi connectivity index (χ1v) is 8.44. The molecule has 1 aromatic rings. The molecule has 0 aromatic heterocycles. The summed E-state index contributed by atoms with van der Waals surface area (Å²) in [5.74, 6) is 4.30. The number of fused-ring (bicyclic) bond motifs is 3. The van der Waals surface area contributed by atoms with Crippen molar-refractivity contribution in [3.63, 3.8) is 0 Å². The summed E-state index contributed by atoms with van der Waals surface area (Å²) in [6.45, 7) is 2.71. The van der Waals surface area contributed by atoms with E-state index in [0.717, 1.165) is 22.6 Å². The van der Waals surface area contributed by atoms with Gasteiger partial charge in [-0.2, -0.15) is 0 Å². The Kier molecular flexibility index (Phi) is 3.22. The fourth-order valence-corrected chi connectivity index (χ4v) is 2.81. The summed E-state index contributed by atoms with van der Waals surface area (Å²) >= 11 is 0. The van der Waals surface area contributed by atoms with Crippen LogP contribution in [-0.2, 0) is 18.8 Å². The van der Waals surface area contributed by atoms with Crippen molar-refractivity contribution in [3.8, 4) is 5.75 Å². The Labute approximate surface area is 118 Å². The van der Waals surface area contributed by atoms with Gasteiger partial charge < -0.3 is 9.57 Å². The minimum atomic E-state index is -2.49. The van der Waals surface area contributed by atoms with Crippen LogP contribution in [0.3, 0.4) is 0 Å². The van der Waals surface area contributed by atoms with E-state index in [1.807, 2.05) is 25.1 Å². The van der Waals surface area contributed by atoms with E-state index in [1.165, 1.54) is 6.26 Å². The summed E-state index contributed by atoms with van der Waals surface area (Å²) in [5.41, 5.74) is 3.00. The van der Waals surface area contributed by atoms with Crippen molar-refractivity contribution < 1.29 is 18.0 Å². The van der Waals surface area contributed by atoms with E-state index < -0.39 is 9.80 Å². The molecule has 3 atom stereocenters. The lowest BCUT2D eigenvalue weighted by molar-refractivity contribution is 0.0190. The minimum absolute atomic E-state index is 0.00560. The maximum absolute atomic E-state index is 11.5. The third-order valence-electron chi connectivity index (χ3n) is 3.40. The number of oxime groups is 1. The van der Waals surface area contributed by atoms with E-state index in [9.17, 15) is 4.21 Å². The molecule has 0 spiro atoms. The van der Waals surface area contributed by atoms with Gasteiger partial charge in [-0.25, -0.2) is 4.21 Å². The van der Waals surface area contributed by atoms with Crippen LogP contribution in [0.1, 0.15) is 11.1 Å². The van der Waals surface area contributed by atoms with Gasteiger partial charge >= 0.3 is 0 Å². The Morgan fingerprint density at radius 3 is 3.10 bits per heavy atom. The van der Waals surface area contributed by atoms with Crippen LogP contribution in [0, 0.1) is 12.8 Å². The molecule has 3 unspecified atom stereocenters. The predicted molar refractivity (Wildman–Crippen MR) is 78.7 cm³/mol. The van der Waals surface area contributed by atoms with Crippen LogP contribution in [0.4, 0.5) is 0 Å². The topological polar surface area (TPSA) is 57.1 Å². The highest BCUT2D eigenvalue weighted by atomic mass is 32.2. The Bertz CT molecular complexity index is 666. The molecular formula is C14H17NO4S. The van der Waals surface area contributed by atoms with E-state index in [-0.39, 0.29) is 18.6 Å². The average Bonchev–Trinajstić information content (AvgIpc) is 2.79. The molecule has 0 saturated heterocycles. The third-order valence-corrected chi connectivity index (χ3v) is 4.03. The second-order valence-electron chi connectivity index (χ2n) is 5.25. The van der Waals surface area contributed by atoms with Gasteiger partial charge in [-0.15, -0.1) is 0 Å². The Balaban J connectivity index is 1.81. The van der Waals surface area contributed by atoms with Crippen LogP contribution in [0.5, 0.6) is 5.75 Å². The van der Waals surface area contributed by atoms with E-state index in [1.54, 1.807) is 0 Å². The maximum Gasteiger partial charge on any atom is 0.163 e. The third kappa shape index (κ3) is 2.53. The van der Waals surface area contributed by atoms with E-state index in [4.69, 9.17) is 13.8 Å². The highest BCUT2D eigenvalue weighted by molar-refractivity contribution is 7.95. The van der Waals surface area contributed by atoms with Crippen LogP contribution in [0.15, 0.2) is 23.4 Å². The van der Waals surface area contributed by atoms with E-state index >= 15 is 0 Å². The van der Waals surface area contributed by atoms with Crippen molar-refractivity contribution in [2.45, 2.75) is 13.0 Å². The summed E-state index contributed by atoms with van der Waals surface area (Å²) in [6, 6.07) is 5.99. The SMILES string of the molecule is C=S(C)(=O)OCC1ON=C2c3cc(C)ccc3OCC21. The minimum Gasteiger partial charge on any atom is -0.492 e. The molecule has 0 N–H and O–H groups in total. The van der Waals surface area contributed by atoms with Gasteiger partial charge in [0.15, 0.2) is 6.10 Å². The monoisotopic (exact) mass is 295 g/mol. The van der Waals surface area contributed by atoms with Crippen LogP contribution in [0.2, 0.25) is 0 Å². The smallest absolute Gasteiger partial charge is 0.163 e. The van der Waals surface area contributed by atoms with Crippen LogP contribution >= 0.6 is 0 Å². The Hall–Kier alpha value is -1.53. The molecule has 0 amide bonds. The molecule has 3 rings (SSSR count). The van der Waals surface area contributed by atoms with Gasteiger partial charge in [-0.05, 0) is 24.9 Å². The summed E-state index contributed by atoms with van der Waals surface area (Å²) in [4.78, 5) is 5.42. The molecule has 0 bridgehead atoms. The first-order valence-electron chi connectivity index (χ1n) is 6.38. The lowest BCUT2D eigenvalue weighted by atomic mass is 9.90. The fraction of sp³-hybridized carbons (Fsp3) is 0.429. The molecule has 20 heavy (non-hydrogen) atoms. The van der Waals surface area contributed by atoms with Crippen LogP contribution in [-0.4, -0.2) is 41.4 Å². The van der Waals surface area contributed by atoms with Gasteiger partial charge in [0.1, 0.15) is 24.7 Å². The summed E-state index contributed by atoms with van der Waals surface area (Å²) in [6.07, 6.45) is 1.18. The van der Waals surface area contributed by atoms with Gasteiger partial charge in [0.2, 0.25) is 0 Å². The Morgan fingerprint density at radius 1 is 1.55 bits per heavy atom. The maximum atomic E-state index is 11.5. The van der Waals surface area contributed by atoms with Crippen molar-refractivity contribution in [3.05, 3.63) is 29.3 Å². The molecule has 1 aromatic carbocycles. The molecule has 108 valence electrons. The van der Waals surface area contributed by atoms with Crippen molar-refractivity contribution in [1.82, 2.24) is 0 Å². The van der Waals surface area contributed by atoms with Gasteiger partial charge in [0.05, 0.1) is 15.7 Å². The van der Waals surface area contributed by atoms with E-state index in [0.29, 0.717) is 6.61 Å². The van der Waals surface area contributed by atoms with E-state index in [2.05, 4.69) is 11.0 Å². The molecule has 0 fully saturated rings. The molecule has 0 saturated carbocycles. The van der Waals surface area contributed by atoms with Crippen LogP contribution in [0.25, 0.3) is 0 Å². The quantitative estimate of drug-likeness (QED) is 0.791. The van der Waals surface area contributed by atoms with Gasteiger partial charge in [0, 0.05) is 11.8 Å². The van der Waals surface area contributed by atoms with Gasteiger partial charge in [-0.1, -0.05) is 16.8 Å². The zero-order valence-electron chi connectivity index (χ0n) is 11.5. The summed E-state index contributed by atoms with van der Waals surface area (Å²) in [5, 5.41) is 4.17. The molecule has 0 aliphatic carbocycles. The molecule has 2 aliphatic rings.